The minimum Gasteiger partial charge on any atom is -0.493 e. The number of carbonyl (C=O) groups is 1. The van der Waals surface area contributed by atoms with Crippen molar-refractivity contribution >= 4 is 28.5 Å². The van der Waals surface area contributed by atoms with Crippen molar-refractivity contribution < 1.29 is 28.2 Å². The van der Waals surface area contributed by atoms with Crippen molar-refractivity contribution in [3.63, 3.8) is 0 Å². The van der Waals surface area contributed by atoms with Crippen LogP contribution >= 0.6 is 11.6 Å². The molecule has 3 aromatic carbocycles. The van der Waals surface area contributed by atoms with Gasteiger partial charge in [-0.1, -0.05) is 37.6 Å². The minimum absolute atomic E-state index is 0.0323. The lowest BCUT2D eigenvalue weighted by Crippen LogP contribution is -2.21. The molecule has 1 aromatic heterocycles. The maximum absolute atomic E-state index is 13.1. The highest BCUT2D eigenvalue weighted by Crippen LogP contribution is 2.45. The van der Waals surface area contributed by atoms with Gasteiger partial charge in [0.25, 0.3) is 0 Å². The number of nitriles is 1. The maximum atomic E-state index is 13.1. The van der Waals surface area contributed by atoms with Crippen LogP contribution < -0.4 is 24.7 Å². The topological polar surface area (TPSA) is 117 Å². The van der Waals surface area contributed by atoms with Crippen LogP contribution in [0.2, 0.25) is 5.02 Å². The Labute approximate surface area is 249 Å². The third-order valence-electron chi connectivity index (χ3n) is 7.28. The molecule has 1 aliphatic heterocycles. The molecule has 42 heavy (non-hydrogen) atoms. The standard InChI is InChI=1S/C33H31ClN2O6/c1-17(2)10-11-39-26-9-6-20(13-29(26)38-5)30-22-8-7-21(14-28(22)42-32(36)24(30)16-35)40-33(37)31-19(4)23-15-25(34)18(3)12-27(23)41-31/h6-9,12-15,17,30H,10-11,36H2,1-5H3. The summed E-state index contributed by atoms with van der Waals surface area (Å²) < 4.78 is 28.9. The van der Waals surface area contributed by atoms with Gasteiger partial charge in [0, 0.05) is 27.6 Å². The smallest absolute Gasteiger partial charge is 0.379 e. The first kappa shape index (κ1) is 28.9. The van der Waals surface area contributed by atoms with Crippen molar-refractivity contribution in [3.8, 4) is 29.1 Å². The minimum atomic E-state index is -0.663. The van der Waals surface area contributed by atoms with Crippen LogP contribution in [-0.4, -0.2) is 19.7 Å². The molecule has 0 fully saturated rings. The molecule has 2 N–H and O–H groups in total. The van der Waals surface area contributed by atoms with E-state index in [1.165, 1.54) is 0 Å². The molecule has 5 rings (SSSR count). The molecule has 4 aromatic rings. The van der Waals surface area contributed by atoms with Crippen LogP contribution in [0.1, 0.15) is 59.0 Å². The average Bonchev–Trinajstić information content (AvgIpc) is 3.27. The second-order valence-corrected chi connectivity index (χ2v) is 11.0. The van der Waals surface area contributed by atoms with E-state index in [9.17, 15) is 10.1 Å². The predicted molar refractivity (Wildman–Crippen MR) is 159 cm³/mol. The lowest BCUT2D eigenvalue weighted by Gasteiger charge is -2.27. The van der Waals surface area contributed by atoms with Crippen molar-refractivity contribution in [2.24, 2.45) is 11.7 Å². The van der Waals surface area contributed by atoms with E-state index in [0.29, 0.717) is 51.5 Å². The average molecular weight is 587 g/mol. The number of aryl methyl sites for hydroxylation is 2. The molecule has 0 aliphatic carbocycles. The summed E-state index contributed by atoms with van der Waals surface area (Å²) in [7, 11) is 1.57. The normalized spacial score (nSPS) is 14.4. The molecule has 1 unspecified atom stereocenters. The van der Waals surface area contributed by atoms with Gasteiger partial charge in [-0.05, 0) is 67.6 Å². The van der Waals surface area contributed by atoms with Crippen molar-refractivity contribution in [3.05, 3.63) is 93.0 Å². The third-order valence-corrected chi connectivity index (χ3v) is 7.68. The van der Waals surface area contributed by atoms with Crippen molar-refractivity contribution in [2.75, 3.05) is 13.7 Å². The van der Waals surface area contributed by atoms with Gasteiger partial charge in [0.1, 0.15) is 28.7 Å². The summed E-state index contributed by atoms with van der Waals surface area (Å²) in [5, 5.41) is 11.3. The van der Waals surface area contributed by atoms with Gasteiger partial charge in [-0.2, -0.15) is 5.26 Å². The Balaban J connectivity index is 1.45. The summed E-state index contributed by atoms with van der Waals surface area (Å²) >= 11 is 6.27. The van der Waals surface area contributed by atoms with Crippen LogP contribution in [0.5, 0.6) is 23.0 Å². The van der Waals surface area contributed by atoms with Gasteiger partial charge >= 0.3 is 5.97 Å². The summed E-state index contributed by atoms with van der Waals surface area (Å²) in [5.74, 6) is 1.11. The van der Waals surface area contributed by atoms with Crippen molar-refractivity contribution in [2.45, 2.75) is 40.0 Å². The molecule has 0 spiro atoms. The van der Waals surface area contributed by atoms with Gasteiger partial charge in [-0.3, -0.25) is 0 Å². The fourth-order valence-electron chi connectivity index (χ4n) is 4.92. The van der Waals surface area contributed by atoms with Gasteiger partial charge in [-0.25, -0.2) is 4.79 Å². The number of ether oxygens (including phenoxy) is 4. The Bertz CT molecular complexity index is 1760. The Hall–Kier alpha value is -4.61. The van der Waals surface area contributed by atoms with E-state index in [0.717, 1.165) is 22.9 Å². The molecule has 8 nitrogen and oxygen atoms in total. The lowest BCUT2D eigenvalue weighted by atomic mass is 9.83. The van der Waals surface area contributed by atoms with Gasteiger partial charge < -0.3 is 29.1 Å². The van der Waals surface area contributed by atoms with Crippen molar-refractivity contribution in [1.29, 1.82) is 5.26 Å². The van der Waals surface area contributed by atoms with Crippen LogP contribution in [-0.2, 0) is 0 Å². The summed E-state index contributed by atoms with van der Waals surface area (Å²) in [5.41, 5.74) is 9.93. The molecule has 9 heteroatoms. The highest BCUT2D eigenvalue weighted by molar-refractivity contribution is 6.32. The van der Waals surface area contributed by atoms with Gasteiger partial charge in [0.15, 0.2) is 11.5 Å². The molecule has 0 saturated heterocycles. The second kappa shape index (κ2) is 11.7. The second-order valence-electron chi connectivity index (χ2n) is 10.6. The number of esters is 1. The van der Waals surface area contributed by atoms with E-state index < -0.39 is 11.9 Å². The number of methoxy groups -OCH3 is 1. The number of hydrogen-bond acceptors (Lipinski definition) is 8. The fourth-order valence-corrected chi connectivity index (χ4v) is 5.08. The number of nitrogens with zero attached hydrogens (tertiary/aromatic N) is 1. The highest BCUT2D eigenvalue weighted by Gasteiger charge is 2.32. The largest absolute Gasteiger partial charge is 0.493 e. The van der Waals surface area contributed by atoms with Crippen LogP contribution in [0, 0.1) is 31.1 Å². The molecule has 0 amide bonds. The zero-order chi connectivity index (χ0) is 30.1. The molecular formula is C33H31ClN2O6. The van der Waals surface area contributed by atoms with Crippen LogP contribution in [0.4, 0.5) is 0 Å². The maximum Gasteiger partial charge on any atom is 0.379 e. The number of nitrogens with two attached hydrogens (primary N) is 1. The number of allylic oxidation sites excluding steroid dienone is 1. The van der Waals surface area contributed by atoms with E-state index in [1.807, 2.05) is 25.1 Å². The fraction of sp³-hybridized carbons (Fsp3) is 0.273. The summed E-state index contributed by atoms with van der Waals surface area (Å²) in [6, 6.07) is 16.3. The van der Waals surface area contributed by atoms with E-state index in [-0.39, 0.29) is 23.0 Å². The highest BCUT2D eigenvalue weighted by atomic mass is 35.5. The molecule has 0 bridgehead atoms. The molecular weight excluding hydrogens is 556 g/mol. The molecule has 0 radical (unpaired) electrons. The SMILES string of the molecule is COc1cc(C2C(C#N)=C(N)Oc3cc(OC(=O)c4oc5cc(C)c(Cl)cc5c4C)ccc32)ccc1OCCC(C)C. The molecule has 1 atom stereocenters. The van der Waals surface area contributed by atoms with E-state index in [2.05, 4.69) is 19.9 Å². The quantitative estimate of drug-likeness (QED) is 0.166. The summed E-state index contributed by atoms with van der Waals surface area (Å²) in [6.45, 7) is 8.47. The molecule has 1 aliphatic rings. The Morgan fingerprint density at radius 1 is 1.12 bits per heavy atom. The number of benzene rings is 3. The van der Waals surface area contributed by atoms with Crippen LogP contribution in [0.3, 0.4) is 0 Å². The first-order chi connectivity index (χ1) is 20.1. The number of rotatable bonds is 8. The van der Waals surface area contributed by atoms with E-state index in [1.54, 1.807) is 44.4 Å². The Morgan fingerprint density at radius 3 is 2.62 bits per heavy atom. The van der Waals surface area contributed by atoms with Crippen LogP contribution in [0.15, 0.2) is 64.4 Å². The van der Waals surface area contributed by atoms with E-state index in [4.69, 9.17) is 40.7 Å². The number of halogens is 1. The van der Waals surface area contributed by atoms with Gasteiger partial charge in [-0.15, -0.1) is 0 Å². The monoisotopic (exact) mass is 586 g/mol. The molecule has 2 heterocycles. The Kier molecular flexibility index (Phi) is 8.06. The van der Waals surface area contributed by atoms with E-state index >= 15 is 0 Å². The molecule has 216 valence electrons. The Morgan fingerprint density at radius 2 is 1.90 bits per heavy atom. The molecule has 0 saturated carbocycles. The number of fused-ring (bicyclic) bond motifs is 2. The van der Waals surface area contributed by atoms with Crippen molar-refractivity contribution in [1.82, 2.24) is 0 Å². The van der Waals surface area contributed by atoms with Gasteiger partial charge in [0.05, 0.1) is 19.6 Å². The first-order valence-electron chi connectivity index (χ1n) is 13.5. The zero-order valence-electron chi connectivity index (χ0n) is 24.0. The lowest BCUT2D eigenvalue weighted by molar-refractivity contribution is 0.0702. The number of hydrogen-bond donors (Lipinski definition) is 1. The number of furan rings is 1. The van der Waals surface area contributed by atoms with Crippen LogP contribution in [0.25, 0.3) is 11.0 Å². The summed E-state index contributed by atoms with van der Waals surface area (Å²) in [4.78, 5) is 13.1. The zero-order valence-corrected chi connectivity index (χ0v) is 24.8. The number of carbonyl (C=O) groups excluding carboxylic acids is 1. The third kappa shape index (κ3) is 5.48. The predicted octanol–water partition coefficient (Wildman–Crippen LogP) is 7.57. The summed E-state index contributed by atoms with van der Waals surface area (Å²) in [6.07, 6.45) is 0.910. The van der Waals surface area contributed by atoms with Gasteiger partial charge in [0.2, 0.25) is 11.6 Å². The first-order valence-corrected chi connectivity index (χ1v) is 13.9.